The first-order valence-corrected chi connectivity index (χ1v) is 14.8. The van der Waals surface area contributed by atoms with Crippen LogP contribution in [-0.2, 0) is 0 Å². The number of aryl methyl sites for hydroxylation is 1. The Morgan fingerprint density at radius 2 is 1.77 bits per heavy atom. The fraction of sp³-hybridized carbons (Fsp3) is 0.548. The maximum Gasteiger partial charge on any atom is 0.229 e. The molecular weight excluding hydrogens is 508 g/mol. The highest BCUT2D eigenvalue weighted by Gasteiger charge is 2.41. The van der Waals surface area contributed by atoms with Crippen molar-refractivity contribution in [2.75, 3.05) is 25.0 Å². The van der Waals surface area contributed by atoms with Gasteiger partial charge in [-0.2, -0.15) is 0 Å². The molecule has 212 valence electrons. The summed E-state index contributed by atoms with van der Waals surface area (Å²) in [5, 5.41) is 3.16. The van der Waals surface area contributed by atoms with Gasteiger partial charge in [0.1, 0.15) is 22.9 Å². The number of nitrogens with one attached hydrogen (secondary N) is 1. The van der Waals surface area contributed by atoms with Crippen molar-refractivity contribution >= 4 is 23.2 Å². The Balaban J connectivity index is 1.19. The normalized spacial score (nSPS) is 21.3. The van der Waals surface area contributed by atoms with Crippen molar-refractivity contribution in [2.45, 2.75) is 65.8 Å². The Morgan fingerprint density at radius 1 is 1.02 bits per heavy atom. The number of piperidine rings is 1. The van der Waals surface area contributed by atoms with E-state index >= 15 is 4.39 Å². The molecule has 0 amide bonds. The van der Waals surface area contributed by atoms with Gasteiger partial charge in [0.25, 0.3) is 0 Å². The summed E-state index contributed by atoms with van der Waals surface area (Å²) in [7, 11) is 0. The number of benzene rings is 1. The van der Waals surface area contributed by atoms with E-state index in [4.69, 9.17) is 4.99 Å². The molecule has 1 saturated heterocycles. The van der Waals surface area contributed by atoms with Crippen molar-refractivity contribution in [2.24, 2.45) is 28.7 Å². The van der Waals surface area contributed by atoms with E-state index in [0.29, 0.717) is 34.6 Å². The molecule has 6 rings (SSSR count). The highest BCUT2D eigenvalue weighted by molar-refractivity contribution is 5.83. The Hall–Kier alpha value is -3.20. The fourth-order valence-electron chi connectivity index (χ4n) is 6.90. The standard InChI is InChI=1S/C31H39F2N7/c1-5-39-12-10-21(11-13-39)28(20-6-7-20)22-8-9-27(34-16-22)37-31-35-17-25(33)29(38-31)23-14-24(32)30-26(15-23)40(18(2)3)19(4)36-30/h9,14-18,20-22,28H,5-8,10-13H2,1-4H3,(H,35,37,38). The average Bonchev–Trinajstić information content (AvgIpc) is 3.72. The predicted molar refractivity (Wildman–Crippen MR) is 155 cm³/mol. The molecule has 2 unspecified atom stereocenters. The van der Waals surface area contributed by atoms with Crippen molar-refractivity contribution < 1.29 is 8.78 Å². The molecule has 3 aliphatic rings. The number of anilines is 1. The van der Waals surface area contributed by atoms with Gasteiger partial charge in [-0.1, -0.05) is 6.92 Å². The van der Waals surface area contributed by atoms with Crippen LogP contribution in [0.3, 0.4) is 0 Å². The molecule has 2 aromatic heterocycles. The monoisotopic (exact) mass is 547 g/mol. The summed E-state index contributed by atoms with van der Waals surface area (Å²) >= 11 is 0. The minimum absolute atomic E-state index is 0.0398. The SMILES string of the molecule is CCN1CCC(C(C2C=NC(Nc3ncc(F)c(-c4cc(F)c5nc(C)n(C(C)C)c5c4)n3)=CC2)C2CC2)CC1. The Bertz CT molecular complexity index is 1450. The van der Waals surface area contributed by atoms with Crippen LogP contribution >= 0.6 is 0 Å². The number of rotatable bonds is 8. The van der Waals surface area contributed by atoms with E-state index in [9.17, 15) is 4.39 Å². The zero-order chi connectivity index (χ0) is 28.0. The number of imidazole rings is 1. The second-order valence-corrected chi connectivity index (χ2v) is 11.9. The molecule has 1 aromatic carbocycles. The van der Waals surface area contributed by atoms with Crippen LogP contribution in [0.1, 0.15) is 64.7 Å². The van der Waals surface area contributed by atoms with Gasteiger partial charge < -0.3 is 14.8 Å². The van der Waals surface area contributed by atoms with Crippen molar-refractivity contribution in [1.82, 2.24) is 24.4 Å². The van der Waals surface area contributed by atoms with Crippen LogP contribution in [0, 0.1) is 42.2 Å². The van der Waals surface area contributed by atoms with E-state index in [1.54, 1.807) is 6.07 Å². The third-order valence-electron chi connectivity index (χ3n) is 8.97. The molecule has 0 spiro atoms. The molecule has 1 aliphatic carbocycles. The minimum atomic E-state index is -0.612. The van der Waals surface area contributed by atoms with Crippen LogP contribution in [0.5, 0.6) is 0 Å². The van der Waals surface area contributed by atoms with E-state index in [1.807, 2.05) is 25.3 Å². The quantitative estimate of drug-likeness (QED) is 0.337. The van der Waals surface area contributed by atoms with Crippen LogP contribution < -0.4 is 5.32 Å². The summed E-state index contributed by atoms with van der Waals surface area (Å²) in [5.41, 5.74) is 1.28. The summed E-state index contributed by atoms with van der Waals surface area (Å²) in [6.45, 7) is 11.7. The molecule has 0 bridgehead atoms. The second-order valence-electron chi connectivity index (χ2n) is 11.9. The first kappa shape index (κ1) is 27.0. The third kappa shape index (κ3) is 5.28. The summed E-state index contributed by atoms with van der Waals surface area (Å²) in [6, 6.07) is 3.12. The van der Waals surface area contributed by atoms with Crippen molar-refractivity contribution in [3.05, 3.63) is 47.7 Å². The average molecular weight is 548 g/mol. The largest absolute Gasteiger partial charge is 0.326 e. The van der Waals surface area contributed by atoms with Gasteiger partial charge in [-0.25, -0.2) is 28.7 Å². The number of hydrogen-bond acceptors (Lipinski definition) is 6. The predicted octanol–water partition coefficient (Wildman–Crippen LogP) is 6.76. The molecule has 1 saturated carbocycles. The zero-order valence-corrected chi connectivity index (χ0v) is 23.9. The highest BCUT2D eigenvalue weighted by atomic mass is 19.1. The van der Waals surface area contributed by atoms with Gasteiger partial charge in [-0.05, 0) is 108 Å². The minimum Gasteiger partial charge on any atom is -0.326 e. The number of hydrogen-bond donors (Lipinski definition) is 1. The molecule has 0 radical (unpaired) electrons. The highest BCUT2D eigenvalue weighted by Crippen LogP contribution is 2.48. The van der Waals surface area contributed by atoms with Gasteiger partial charge in [0, 0.05) is 23.7 Å². The summed E-state index contributed by atoms with van der Waals surface area (Å²) in [5.74, 6) is 3.24. The lowest BCUT2D eigenvalue weighted by Crippen LogP contribution is -2.39. The lowest BCUT2D eigenvalue weighted by atomic mass is 9.72. The first-order chi connectivity index (χ1) is 19.3. The van der Waals surface area contributed by atoms with Crippen LogP contribution in [-0.4, -0.2) is 50.3 Å². The Morgan fingerprint density at radius 3 is 2.42 bits per heavy atom. The van der Waals surface area contributed by atoms with E-state index in [1.165, 1.54) is 44.8 Å². The van der Waals surface area contributed by atoms with Crippen LogP contribution in [0.25, 0.3) is 22.3 Å². The topological polar surface area (TPSA) is 71.2 Å². The van der Waals surface area contributed by atoms with Gasteiger partial charge in [0.15, 0.2) is 11.6 Å². The van der Waals surface area contributed by atoms with Gasteiger partial charge in [0.2, 0.25) is 5.95 Å². The summed E-state index contributed by atoms with van der Waals surface area (Å²) < 4.78 is 31.9. The molecule has 1 N–H and O–H groups in total. The Kier molecular flexibility index (Phi) is 7.42. The molecular formula is C31H39F2N7. The smallest absolute Gasteiger partial charge is 0.229 e. The molecule has 2 aliphatic heterocycles. The number of likely N-dealkylation sites (tertiary alicyclic amines) is 1. The van der Waals surface area contributed by atoms with Gasteiger partial charge in [-0.3, -0.25) is 0 Å². The maximum atomic E-state index is 15.0. The number of aromatic nitrogens is 4. The lowest BCUT2D eigenvalue weighted by molar-refractivity contribution is 0.125. The van der Waals surface area contributed by atoms with Gasteiger partial charge >= 0.3 is 0 Å². The van der Waals surface area contributed by atoms with Crippen molar-refractivity contribution in [3.8, 4) is 11.3 Å². The molecule has 7 nitrogen and oxygen atoms in total. The molecule has 3 aromatic rings. The number of aliphatic imine (C=N–C) groups is 1. The number of nitrogens with zero attached hydrogens (tertiary/aromatic N) is 6. The van der Waals surface area contributed by atoms with E-state index in [2.05, 4.69) is 44.4 Å². The van der Waals surface area contributed by atoms with Crippen molar-refractivity contribution in [1.29, 1.82) is 0 Å². The zero-order valence-electron chi connectivity index (χ0n) is 23.9. The molecule has 9 heteroatoms. The molecule has 4 heterocycles. The van der Waals surface area contributed by atoms with Gasteiger partial charge in [0.05, 0.1) is 11.7 Å². The van der Waals surface area contributed by atoms with Crippen molar-refractivity contribution in [3.63, 3.8) is 0 Å². The second kappa shape index (κ2) is 11.0. The fourth-order valence-corrected chi connectivity index (χ4v) is 6.90. The van der Waals surface area contributed by atoms with Gasteiger partial charge in [-0.15, -0.1) is 0 Å². The number of fused-ring (bicyclic) bond motifs is 1. The maximum absolute atomic E-state index is 15.0. The lowest BCUT2D eigenvalue weighted by Gasteiger charge is -2.38. The molecule has 2 atom stereocenters. The number of allylic oxidation sites excluding steroid dienone is 1. The molecule has 2 fully saturated rings. The van der Waals surface area contributed by atoms with Crippen LogP contribution in [0.15, 0.2) is 35.2 Å². The first-order valence-electron chi connectivity index (χ1n) is 14.8. The Labute approximate surface area is 234 Å². The van der Waals surface area contributed by atoms with Crippen LogP contribution in [0.4, 0.5) is 14.7 Å². The summed E-state index contributed by atoms with van der Waals surface area (Å²) in [6.07, 6.45) is 11.5. The molecule has 40 heavy (non-hydrogen) atoms. The van der Waals surface area contributed by atoms with E-state index in [-0.39, 0.29) is 23.2 Å². The third-order valence-corrected chi connectivity index (χ3v) is 8.97. The van der Waals surface area contributed by atoms with E-state index < -0.39 is 11.6 Å². The van der Waals surface area contributed by atoms with E-state index in [0.717, 1.165) is 31.0 Å². The number of halogens is 2. The van der Waals surface area contributed by atoms with Crippen LogP contribution in [0.2, 0.25) is 0 Å². The summed E-state index contributed by atoms with van der Waals surface area (Å²) in [4.78, 5) is 20.3.